The minimum atomic E-state index is 0.781. The average molecular weight is 255 g/mol. The summed E-state index contributed by atoms with van der Waals surface area (Å²) in [6.07, 6.45) is 5.11. The summed E-state index contributed by atoms with van der Waals surface area (Å²) in [7, 11) is 1.93. The fraction of sp³-hybridized carbons (Fsp3) is 0.438. The van der Waals surface area contributed by atoms with Gasteiger partial charge in [-0.25, -0.2) is 0 Å². The zero-order valence-corrected chi connectivity index (χ0v) is 11.7. The van der Waals surface area contributed by atoms with Crippen molar-refractivity contribution in [3.63, 3.8) is 0 Å². The first kappa shape index (κ1) is 12.3. The molecule has 19 heavy (non-hydrogen) atoms. The van der Waals surface area contributed by atoms with E-state index in [1.807, 2.05) is 11.7 Å². The second-order valence-electron chi connectivity index (χ2n) is 5.65. The number of anilines is 1. The Kier molecular flexibility index (Phi) is 3.05. The van der Waals surface area contributed by atoms with Crippen molar-refractivity contribution in [2.45, 2.75) is 32.6 Å². The van der Waals surface area contributed by atoms with Gasteiger partial charge >= 0.3 is 0 Å². The number of nitrogens with two attached hydrogens (primary N) is 1. The molecule has 0 unspecified atom stereocenters. The lowest BCUT2D eigenvalue weighted by Crippen LogP contribution is -2.14. The van der Waals surface area contributed by atoms with Crippen molar-refractivity contribution in [1.82, 2.24) is 9.78 Å². The van der Waals surface area contributed by atoms with E-state index >= 15 is 0 Å². The van der Waals surface area contributed by atoms with E-state index in [0.717, 1.165) is 23.7 Å². The Hall–Kier alpha value is -1.77. The van der Waals surface area contributed by atoms with Crippen LogP contribution in [0.4, 0.5) is 5.82 Å². The highest BCUT2D eigenvalue weighted by Crippen LogP contribution is 2.36. The zero-order valence-electron chi connectivity index (χ0n) is 11.7. The molecule has 0 spiro atoms. The van der Waals surface area contributed by atoms with E-state index in [1.54, 1.807) is 0 Å². The Balaban J connectivity index is 2.05. The molecule has 2 aromatic rings. The Morgan fingerprint density at radius 2 is 2.05 bits per heavy atom. The number of nitrogen functional groups attached to an aromatic ring is 1. The summed E-state index contributed by atoms with van der Waals surface area (Å²) in [5, 5.41) is 4.64. The molecular weight excluding hydrogens is 234 g/mol. The van der Waals surface area contributed by atoms with Gasteiger partial charge in [-0.15, -0.1) is 0 Å². The van der Waals surface area contributed by atoms with E-state index in [-0.39, 0.29) is 0 Å². The fourth-order valence-corrected chi connectivity index (χ4v) is 2.85. The summed E-state index contributed by atoms with van der Waals surface area (Å²) >= 11 is 0. The van der Waals surface area contributed by atoms with Gasteiger partial charge in [-0.3, -0.25) is 4.68 Å². The highest BCUT2D eigenvalue weighted by molar-refractivity contribution is 5.78. The standard InChI is InChI=1S/C16H21N3/c1-11-6-3-4-9-13(11)15-14(10-12-7-5-8-12)18-19(2)16(15)17/h3-4,6,9,12H,5,7-8,10,17H2,1-2H3. The fourth-order valence-electron chi connectivity index (χ4n) is 2.85. The maximum Gasteiger partial charge on any atom is 0.129 e. The van der Waals surface area contributed by atoms with Crippen molar-refractivity contribution in [2.75, 3.05) is 5.73 Å². The molecule has 3 rings (SSSR count). The Morgan fingerprint density at radius 3 is 2.68 bits per heavy atom. The monoisotopic (exact) mass is 255 g/mol. The Labute approximate surface area is 114 Å². The molecule has 0 saturated heterocycles. The van der Waals surface area contributed by atoms with Crippen LogP contribution in [0.3, 0.4) is 0 Å². The number of aryl methyl sites for hydroxylation is 2. The van der Waals surface area contributed by atoms with Crippen LogP contribution in [-0.4, -0.2) is 9.78 Å². The van der Waals surface area contributed by atoms with E-state index < -0.39 is 0 Å². The predicted molar refractivity (Wildman–Crippen MR) is 78.8 cm³/mol. The summed E-state index contributed by atoms with van der Waals surface area (Å²) in [5.41, 5.74) is 11.0. The summed E-state index contributed by atoms with van der Waals surface area (Å²) in [6.45, 7) is 2.13. The van der Waals surface area contributed by atoms with Gasteiger partial charge in [-0.2, -0.15) is 5.10 Å². The van der Waals surface area contributed by atoms with E-state index in [0.29, 0.717) is 0 Å². The lowest BCUT2D eigenvalue weighted by atomic mass is 9.81. The number of rotatable bonds is 3. The third-order valence-electron chi connectivity index (χ3n) is 4.29. The second kappa shape index (κ2) is 4.72. The van der Waals surface area contributed by atoms with Crippen LogP contribution in [0.5, 0.6) is 0 Å². The van der Waals surface area contributed by atoms with Crippen molar-refractivity contribution >= 4 is 5.82 Å². The molecule has 0 radical (unpaired) electrons. The van der Waals surface area contributed by atoms with Crippen LogP contribution in [0.2, 0.25) is 0 Å². The molecule has 0 bridgehead atoms. The molecule has 1 aliphatic rings. The average Bonchev–Trinajstić information content (AvgIpc) is 2.61. The van der Waals surface area contributed by atoms with Gasteiger partial charge in [-0.05, 0) is 30.4 Å². The molecule has 1 aromatic carbocycles. The van der Waals surface area contributed by atoms with Gasteiger partial charge in [0.1, 0.15) is 5.82 Å². The molecule has 3 nitrogen and oxygen atoms in total. The molecular formula is C16H21N3. The van der Waals surface area contributed by atoms with Crippen molar-refractivity contribution in [3.05, 3.63) is 35.5 Å². The summed E-state index contributed by atoms with van der Waals surface area (Å²) in [4.78, 5) is 0. The van der Waals surface area contributed by atoms with Crippen LogP contribution < -0.4 is 5.73 Å². The molecule has 100 valence electrons. The third kappa shape index (κ3) is 2.14. The number of nitrogens with zero attached hydrogens (tertiary/aromatic N) is 2. The molecule has 2 N–H and O–H groups in total. The van der Waals surface area contributed by atoms with E-state index in [9.17, 15) is 0 Å². The minimum absolute atomic E-state index is 0.781. The first-order valence-electron chi connectivity index (χ1n) is 7.04. The van der Waals surface area contributed by atoms with Crippen molar-refractivity contribution in [3.8, 4) is 11.1 Å². The van der Waals surface area contributed by atoms with Gasteiger partial charge in [0.15, 0.2) is 0 Å². The van der Waals surface area contributed by atoms with Crippen LogP contribution in [0, 0.1) is 12.8 Å². The number of hydrogen-bond acceptors (Lipinski definition) is 2. The maximum atomic E-state index is 6.24. The smallest absolute Gasteiger partial charge is 0.129 e. The van der Waals surface area contributed by atoms with Gasteiger partial charge in [-0.1, -0.05) is 43.5 Å². The van der Waals surface area contributed by atoms with E-state index in [1.165, 1.54) is 36.1 Å². The molecule has 1 heterocycles. The lowest BCUT2D eigenvalue weighted by molar-refractivity contribution is 0.311. The van der Waals surface area contributed by atoms with Crippen LogP contribution in [0.1, 0.15) is 30.5 Å². The summed E-state index contributed by atoms with van der Waals surface area (Å²) < 4.78 is 1.82. The normalized spacial score (nSPS) is 15.5. The SMILES string of the molecule is Cc1ccccc1-c1c(CC2CCC2)nn(C)c1N. The predicted octanol–water partition coefficient (Wildman–Crippen LogP) is 3.32. The van der Waals surface area contributed by atoms with Gasteiger partial charge in [0.2, 0.25) is 0 Å². The molecule has 0 amide bonds. The first-order chi connectivity index (χ1) is 9.16. The minimum Gasteiger partial charge on any atom is -0.383 e. The third-order valence-corrected chi connectivity index (χ3v) is 4.29. The van der Waals surface area contributed by atoms with Crippen molar-refractivity contribution < 1.29 is 0 Å². The molecule has 1 saturated carbocycles. The second-order valence-corrected chi connectivity index (χ2v) is 5.65. The van der Waals surface area contributed by atoms with E-state index in [4.69, 9.17) is 5.73 Å². The highest BCUT2D eigenvalue weighted by Gasteiger charge is 2.23. The van der Waals surface area contributed by atoms with Crippen LogP contribution in [-0.2, 0) is 13.5 Å². The summed E-state index contributed by atoms with van der Waals surface area (Å²) in [6, 6.07) is 8.42. The zero-order chi connectivity index (χ0) is 13.4. The van der Waals surface area contributed by atoms with Crippen molar-refractivity contribution in [1.29, 1.82) is 0 Å². The molecule has 3 heteroatoms. The van der Waals surface area contributed by atoms with Crippen molar-refractivity contribution in [2.24, 2.45) is 13.0 Å². The topological polar surface area (TPSA) is 43.8 Å². The quantitative estimate of drug-likeness (QED) is 0.914. The molecule has 0 aliphatic heterocycles. The lowest BCUT2D eigenvalue weighted by Gasteiger charge is -2.24. The number of aromatic nitrogens is 2. The van der Waals surface area contributed by atoms with Gasteiger partial charge in [0.05, 0.1) is 5.69 Å². The van der Waals surface area contributed by atoms with Gasteiger partial charge in [0.25, 0.3) is 0 Å². The number of hydrogen-bond donors (Lipinski definition) is 1. The van der Waals surface area contributed by atoms with Gasteiger partial charge in [0, 0.05) is 12.6 Å². The maximum absolute atomic E-state index is 6.24. The molecule has 1 aliphatic carbocycles. The van der Waals surface area contributed by atoms with Crippen LogP contribution in [0.25, 0.3) is 11.1 Å². The van der Waals surface area contributed by atoms with Gasteiger partial charge < -0.3 is 5.73 Å². The molecule has 1 aromatic heterocycles. The highest BCUT2D eigenvalue weighted by atomic mass is 15.3. The largest absolute Gasteiger partial charge is 0.383 e. The molecule has 1 fully saturated rings. The van der Waals surface area contributed by atoms with E-state index in [2.05, 4.69) is 36.3 Å². The Morgan fingerprint density at radius 1 is 1.32 bits per heavy atom. The summed E-state index contributed by atoms with van der Waals surface area (Å²) in [5.74, 6) is 1.58. The van der Waals surface area contributed by atoms with Crippen LogP contribution in [0.15, 0.2) is 24.3 Å². The van der Waals surface area contributed by atoms with Crippen LogP contribution >= 0.6 is 0 Å². The molecule has 0 atom stereocenters. The Bertz CT molecular complexity index is 594. The number of benzene rings is 1. The first-order valence-corrected chi connectivity index (χ1v) is 7.04.